The van der Waals surface area contributed by atoms with E-state index in [9.17, 15) is 0 Å². The highest BCUT2D eigenvalue weighted by Gasteiger charge is 2.34. The lowest BCUT2D eigenvalue weighted by Gasteiger charge is -2.42. The smallest absolute Gasteiger partial charge is 0.124 e. The van der Waals surface area contributed by atoms with Crippen molar-refractivity contribution in [1.82, 2.24) is 4.90 Å². The number of likely N-dealkylation sites (tertiary alicyclic amines) is 1. The van der Waals surface area contributed by atoms with Crippen LogP contribution in [0.4, 0.5) is 0 Å². The molecule has 1 saturated heterocycles. The minimum atomic E-state index is 0.0838. The zero-order chi connectivity index (χ0) is 13.2. The number of ether oxygens (including phenoxy) is 1. The number of para-hydroxylation sites is 1. The van der Waals surface area contributed by atoms with E-state index in [4.69, 9.17) is 10.5 Å². The molecule has 0 saturated carbocycles. The van der Waals surface area contributed by atoms with Crippen LogP contribution in [-0.4, -0.2) is 30.6 Å². The Bertz CT molecular complexity index is 435. The van der Waals surface area contributed by atoms with Crippen molar-refractivity contribution in [2.75, 3.05) is 19.7 Å². The fraction of sp³-hybridized carbons (Fsp3) is 0.625. The Balaban J connectivity index is 1.76. The SMILES string of the molecule is CCC1CCCN(C2COc3ccccc3C2N)C1. The molecule has 2 aliphatic heterocycles. The Hall–Kier alpha value is -1.06. The number of hydrogen-bond acceptors (Lipinski definition) is 3. The third-order valence-corrected chi connectivity index (χ3v) is 4.70. The minimum Gasteiger partial charge on any atom is -0.492 e. The normalized spacial score (nSPS) is 31.6. The zero-order valence-corrected chi connectivity index (χ0v) is 11.7. The van der Waals surface area contributed by atoms with Gasteiger partial charge in [-0.3, -0.25) is 4.90 Å². The molecule has 1 aromatic carbocycles. The van der Waals surface area contributed by atoms with Crippen molar-refractivity contribution in [3.05, 3.63) is 29.8 Å². The van der Waals surface area contributed by atoms with E-state index in [0.29, 0.717) is 6.04 Å². The molecule has 3 rings (SSSR count). The van der Waals surface area contributed by atoms with E-state index < -0.39 is 0 Å². The van der Waals surface area contributed by atoms with Crippen LogP contribution in [0.3, 0.4) is 0 Å². The predicted octanol–water partition coefficient (Wildman–Crippen LogP) is 2.57. The quantitative estimate of drug-likeness (QED) is 0.888. The molecule has 1 aromatic rings. The topological polar surface area (TPSA) is 38.5 Å². The van der Waals surface area contributed by atoms with Crippen molar-refractivity contribution >= 4 is 0 Å². The summed E-state index contributed by atoms with van der Waals surface area (Å²) in [6, 6.07) is 8.61. The maximum Gasteiger partial charge on any atom is 0.124 e. The Kier molecular flexibility index (Phi) is 3.76. The van der Waals surface area contributed by atoms with Crippen molar-refractivity contribution < 1.29 is 4.74 Å². The van der Waals surface area contributed by atoms with E-state index in [2.05, 4.69) is 24.0 Å². The number of nitrogens with zero attached hydrogens (tertiary/aromatic N) is 1. The van der Waals surface area contributed by atoms with Gasteiger partial charge in [0.15, 0.2) is 0 Å². The van der Waals surface area contributed by atoms with Crippen molar-refractivity contribution in [2.45, 2.75) is 38.3 Å². The average Bonchev–Trinajstić information content (AvgIpc) is 2.48. The van der Waals surface area contributed by atoms with Crippen LogP contribution in [0.15, 0.2) is 24.3 Å². The first-order chi connectivity index (χ1) is 9.29. The van der Waals surface area contributed by atoms with E-state index in [1.807, 2.05) is 12.1 Å². The Labute approximate surface area is 115 Å². The fourth-order valence-corrected chi connectivity index (χ4v) is 3.44. The summed E-state index contributed by atoms with van der Waals surface area (Å²) in [6.07, 6.45) is 3.94. The lowest BCUT2D eigenvalue weighted by atomic mass is 9.90. The summed E-state index contributed by atoms with van der Waals surface area (Å²) in [5.74, 6) is 1.80. The molecule has 2 aliphatic rings. The second-order valence-corrected chi connectivity index (χ2v) is 5.85. The average molecular weight is 260 g/mol. The van der Waals surface area contributed by atoms with Gasteiger partial charge in [0.05, 0.1) is 12.1 Å². The van der Waals surface area contributed by atoms with Gasteiger partial charge in [-0.05, 0) is 31.4 Å². The predicted molar refractivity (Wildman–Crippen MR) is 77.2 cm³/mol. The molecule has 3 nitrogen and oxygen atoms in total. The van der Waals surface area contributed by atoms with Gasteiger partial charge in [0, 0.05) is 12.1 Å². The molecule has 0 spiro atoms. The van der Waals surface area contributed by atoms with Crippen LogP contribution in [0.25, 0.3) is 0 Å². The summed E-state index contributed by atoms with van der Waals surface area (Å²) in [6.45, 7) is 5.37. The van der Waals surface area contributed by atoms with Crippen LogP contribution in [0, 0.1) is 5.92 Å². The lowest BCUT2D eigenvalue weighted by Crippen LogP contribution is -2.52. The summed E-state index contributed by atoms with van der Waals surface area (Å²) in [4.78, 5) is 2.55. The van der Waals surface area contributed by atoms with Crippen LogP contribution >= 0.6 is 0 Å². The molecule has 0 aliphatic carbocycles. The third-order valence-electron chi connectivity index (χ3n) is 4.70. The van der Waals surface area contributed by atoms with Crippen LogP contribution in [0.2, 0.25) is 0 Å². The van der Waals surface area contributed by atoms with Gasteiger partial charge in [0.1, 0.15) is 12.4 Å². The number of nitrogens with two attached hydrogens (primary N) is 1. The third kappa shape index (κ3) is 2.49. The summed E-state index contributed by atoms with van der Waals surface area (Å²) >= 11 is 0. The molecule has 2 N–H and O–H groups in total. The minimum absolute atomic E-state index is 0.0838. The molecule has 3 unspecified atom stereocenters. The first-order valence-electron chi connectivity index (χ1n) is 7.51. The van der Waals surface area contributed by atoms with E-state index >= 15 is 0 Å². The second kappa shape index (κ2) is 5.51. The number of benzene rings is 1. The van der Waals surface area contributed by atoms with Gasteiger partial charge in [-0.25, -0.2) is 0 Å². The van der Waals surface area contributed by atoms with Gasteiger partial charge >= 0.3 is 0 Å². The van der Waals surface area contributed by atoms with Crippen LogP contribution in [-0.2, 0) is 0 Å². The molecule has 3 heteroatoms. The van der Waals surface area contributed by atoms with Crippen LogP contribution < -0.4 is 10.5 Å². The molecule has 0 aromatic heterocycles. The highest BCUT2D eigenvalue weighted by Crippen LogP contribution is 2.34. The highest BCUT2D eigenvalue weighted by molar-refractivity contribution is 5.38. The van der Waals surface area contributed by atoms with Gasteiger partial charge in [-0.1, -0.05) is 31.5 Å². The van der Waals surface area contributed by atoms with Gasteiger partial charge in [0.2, 0.25) is 0 Å². The lowest BCUT2D eigenvalue weighted by molar-refractivity contribution is 0.0598. The molecule has 19 heavy (non-hydrogen) atoms. The maximum atomic E-state index is 6.49. The number of rotatable bonds is 2. The molecule has 2 heterocycles. The molecular formula is C16H24N2O. The number of hydrogen-bond donors (Lipinski definition) is 1. The van der Waals surface area contributed by atoms with Gasteiger partial charge in [-0.2, -0.15) is 0 Å². The highest BCUT2D eigenvalue weighted by atomic mass is 16.5. The first kappa shape index (κ1) is 12.9. The van der Waals surface area contributed by atoms with Crippen molar-refractivity contribution in [3.8, 4) is 5.75 Å². The molecule has 0 bridgehead atoms. The Morgan fingerprint density at radius 1 is 1.37 bits per heavy atom. The number of piperidine rings is 1. The van der Waals surface area contributed by atoms with E-state index in [1.165, 1.54) is 32.4 Å². The summed E-state index contributed by atoms with van der Waals surface area (Å²) in [5, 5.41) is 0. The first-order valence-corrected chi connectivity index (χ1v) is 7.51. The molecular weight excluding hydrogens is 236 g/mol. The monoisotopic (exact) mass is 260 g/mol. The van der Waals surface area contributed by atoms with Gasteiger partial charge < -0.3 is 10.5 Å². The maximum absolute atomic E-state index is 6.49. The molecule has 104 valence electrons. The van der Waals surface area contributed by atoms with E-state index in [0.717, 1.165) is 23.8 Å². The fourth-order valence-electron chi connectivity index (χ4n) is 3.44. The van der Waals surface area contributed by atoms with Crippen LogP contribution in [0.1, 0.15) is 37.8 Å². The summed E-state index contributed by atoms with van der Waals surface area (Å²) < 4.78 is 5.91. The summed E-state index contributed by atoms with van der Waals surface area (Å²) in [7, 11) is 0. The molecule has 0 radical (unpaired) electrons. The van der Waals surface area contributed by atoms with E-state index in [1.54, 1.807) is 0 Å². The molecule has 1 fully saturated rings. The van der Waals surface area contributed by atoms with Gasteiger partial charge in [-0.15, -0.1) is 0 Å². The van der Waals surface area contributed by atoms with Gasteiger partial charge in [0.25, 0.3) is 0 Å². The Morgan fingerprint density at radius 3 is 3.05 bits per heavy atom. The summed E-state index contributed by atoms with van der Waals surface area (Å²) in [5.41, 5.74) is 7.65. The largest absolute Gasteiger partial charge is 0.492 e. The zero-order valence-electron chi connectivity index (χ0n) is 11.7. The number of fused-ring (bicyclic) bond motifs is 1. The van der Waals surface area contributed by atoms with Crippen molar-refractivity contribution in [2.24, 2.45) is 11.7 Å². The van der Waals surface area contributed by atoms with E-state index in [-0.39, 0.29) is 6.04 Å². The standard InChI is InChI=1S/C16H24N2O/c1-2-12-6-5-9-18(10-12)14-11-19-15-8-4-3-7-13(15)16(14)17/h3-4,7-8,12,14,16H,2,5-6,9-11,17H2,1H3. The molecule has 3 atom stereocenters. The Morgan fingerprint density at radius 2 is 2.21 bits per heavy atom. The second-order valence-electron chi connectivity index (χ2n) is 5.85. The van der Waals surface area contributed by atoms with Crippen molar-refractivity contribution in [3.63, 3.8) is 0 Å². The van der Waals surface area contributed by atoms with Crippen molar-refractivity contribution in [1.29, 1.82) is 0 Å². The van der Waals surface area contributed by atoms with Crippen LogP contribution in [0.5, 0.6) is 5.75 Å². The molecule has 0 amide bonds.